The number of hydrogen-bond acceptors (Lipinski definition) is 5. The highest BCUT2D eigenvalue weighted by atomic mass is 32.1. The first-order chi connectivity index (χ1) is 8.38. The maximum atomic E-state index is 5.34. The van der Waals surface area contributed by atoms with Gasteiger partial charge in [0.25, 0.3) is 5.89 Å². The summed E-state index contributed by atoms with van der Waals surface area (Å²) in [5.74, 6) is 1.90. The Morgan fingerprint density at radius 2 is 2.41 bits per heavy atom. The number of hydrogen-bond donors (Lipinski definition) is 1. The van der Waals surface area contributed by atoms with Crippen LogP contribution in [-0.4, -0.2) is 23.2 Å². The summed E-state index contributed by atoms with van der Waals surface area (Å²) in [7, 11) is 2.00. The number of likely N-dealkylation sites (N-methyl/N-ethyl adjacent to an activating group) is 1. The fourth-order valence-corrected chi connectivity index (χ4v) is 3.15. The van der Waals surface area contributed by atoms with Gasteiger partial charge in [-0.25, -0.2) is 0 Å². The molecule has 1 fully saturated rings. The molecule has 2 unspecified atom stereocenters. The molecule has 1 saturated carbocycles. The highest BCUT2D eigenvalue weighted by Gasteiger charge is 2.31. The van der Waals surface area contributed by atoms with Gasteiger partial charge in [0.1, 0.15) is 0 Å². The van der Waals surface area contributed by atoms with Crippen LogP contribution in [0.15, 0.2) is 22.0 Å². The molecule has 2 aromatic rings. The number of rotatable bonds is 3. The van der Waals surface area contributed by atoms with Crippen molar-refractivity contribution in [2.24, 2.45) is 0 Å². The van der Waals surface area contributed by atoms with E-state index in [1.165, 1.54) is 12.8 Å². The molecular weight excluding hydrogens is 234 g/mol. The summed E-state index contributed by atoms with van der Waals surface area (Å²) in [6.45, 7) is 0. The second-order valence-corrected chi connectivity index (χ2v) is 5.32. The zero-order chi connectivity index (χ0) is 11.7. The van der Waals surface area contributed by atoms with E-state index < -0.39 is 0 Å². The minimum atomic E-state index is 0.400. The average Bonchev–Trinajstić information content (AvgIpc) is 3.09. The Hall–Kier alpha value is -1.20. The first-order valence-electron chi connectivity index (χ1n) is 5.93. The zero-order valence-corrected chi connectivity index (χ0v) is 10.5. The largest absolute Gasteiger partial charge is 0.333 e. The van der Waals surface area contributed by atoms with Gasteiger partial charge in [0.15, 0.2) is 5.82 Å². The van der Waals surface area contributed by atoms with E-state index in [0.29, 0.717) is 17.9 Å². The maximum Gasteiger partial charge on any atom is 0.267 e. The third-order valence-corrected chi connectivity index (χ3v) is 4.25. The first-order valence-corrected chi connectivity index (χ1v) is 6.81. The zero-order valence-electron chi connectivity index (χ0n) is 9.72. The molecule has 0 radical (unpaired) electrons. The van der Waals surface area contributed by atoms with E-state index in [4.69, 9.17) is 4.52 Å². The van der Waals surface area contributed by atoms with Crippen LogP contribution < -0.4 is 5.32 Å². The molecule has 2 aromatic heterocycles. The van der Waals surface area contributed by atoms with E-state index in [2.05, 4.69) is 15.5 Å². The van der Waals surface area contributed by atoms with Gasteiger partial charge < -0.3 is 9.84 Å². The monoisotopic (exact) mass is 249 g/mol. The normalized spacial score (nSPS) is 24.3. The van der Waals surface area contributed by atoms with Gasteiger partial charge in [0.05, 0.1) is 4.88 Å². The van der Waals surface area contributed by atoms with Crippen molar-refractivity contribution < 1.29 is 4.52 Å². The third kappa shape index (κ3) is 2.00. The molecule has 0 aromatic carbocycles. The van der Waals surface area contributed by atoms with Crippen LogP contribution in [0, 0.1) is 0 Å². The minimum absolute atomic E-state index is 0.400. The van der Waals surface area contributed by atoms with Crippen molar-refractivity contribution in [3.05, 3.63) is 23.3 Å². The predicted octanol–water partition coefficient (Wildman–Crippen LogP) is 2.65. The van der Waals surface area contributed by atoms with Gasteiger partial charge in [-0.05, 0) is 31.3 Å². The molecule has 2 heterocycles. The first kappa shape index (κ1) is 10.9. The predicted molar refractivity (Wildman–Crippen MR) is 67.1 cm³/mol. The van der Waals surface area contributed by atoms with Gasteiger partial charge in [-0.2, -0.15) is 4.98 Å². The summed E-state index contributed by atoms with van der Waals surface area (Å²) in [6.07, 6.45) is 3.58. The Morgan fingerprint density at radius 3 is 3.18 bits per heavy atom. The number of thiophene rings is 1. The van der Waals surface area contributed by atoms with E-state index in [1.807, 2.05) is 24.6 Å². The van der Waals surface area contributed by atoms with Crippen molar-refractivity contribution in [1.29, 1.82) is 0 Å². The molecule has 0 amide bonds. The number of aromatic nitrogens is 2. The quantitative estimate of drug-likeness (QED) is 0.908. The topological polar surface area (TPSA) is 51.0 Å². The molecule has 90 valence electrons. The Kier molecular flexibility index (Phi) is 2.94. The van der Waals surface area contributed by atoms with Gasteiger partial charge in [0.2, 0.25) is 0 Å². The molecule has 0 aliphatic heterocycles. The van der Waals surface area contributed by atoms with E-state index in [-0.39, 0.29) is 0 Å². The lowest BCUT2D eigenvalue weighted by molar-refractivity contribution is 0.406. The van der Waals surface area contributed by atoms with Crippen LogP contribution in [0.25, 0.3) is 10.8 Å². The summed E-state index contributed by atoms with van der Waals surface area (Å²) in [6, 6.07) is 4.49. The lowest BCUT2D eigenvalue weighted by Crippen LogP contribution is -2.28. The maximum absolute atomic E-state index is 5.34. The molecule has 1 aliphatic rings. The fourth-order valence-electron chi connectivity index (χ4n) is 2.50. The van der Waals surface area contributed by atoms with E-state index in [0.717, 1.165) is 17.1 Å². The molecular formula is C12H15N3OS. The summed E-state index contributed by atoms with van der Waals surface area (Å²) in [5, 5.41) is 9.49. The minimum Gasteiger partial charge on any atom is -0.333 e. The summed E-state index contributed by atoms with van der Waals surface area (Å²) in [5.41, 5.74) is 0. The van der Waals surface area contributed by atoms with Crippen LogP contribution in [0.3, 0.4) is 0 Å². The summed E-state index contributed by atoms with van der Waals surface area (Å²) >= 11 is 1.63. The van der Waals surface area contributed by atoms with Gasteiger partial charge in [-0.1, -0.05) is 17.6 Å². The van der Waals surface area contributed by atoms with Crippen molar-refractivity contribution in [3.63, 3.8) is 0 Å². The molecule has 0 spiro atoms. The molecule has 3 rings (SSSR count). The van der Waals surface area contributed by atoms with Crippen molar-refractivity contribution in [2.45, 2.75) is 31.2 Å². The molecule has 4 nitrogen and oxygen atoms in total. The molecule has 1 aliphatic carbocycles. The highest BCUT2D eigenvalue weighted by molar-refractivity contribution is 7.13. The Balaban J connectivity index is 1.85. The molecule has 5 heteroatoms. The highest BCUT2D eigenvalue weighted by Crippen LogP contribution is 2.34. The molecule has 2 atom stereocenters. The van der Waals surface area contributed by atoms with Gasteiger partial charge in [0, 0.05) is 12.0 Å². The summed E-state index contributed by atoms with van der Waals surface area (Å²) in [4.78, 5) is 5.57. The SMILES string of the molecule is CNC1CCCC1c1noc(-c2cccs2)n1. The van der Waals surface area contributed by atoms with Gasteiger partial charge in [-0.15, -0.1) is 11.3 Å². The van der Waals surface area contributed by atoms with Crippen molar-refractivity contribution in [1.82, 2.24) is 15.5 Å². The molecule has 0 saturated heterocycles. The van der Waals surface area contributed by atoms with Crippen LogP contribution in [-0.2, 0) is 0 Å². The lowest BCUT2D eigenvalue weighted by atomic mass is 10.0. The van der Waals surface area contributed by atoms with Crippen LogP contribution in [0.5, 0.6) is 0 Å². The van der Waals surface area contributed by atoms with Crippen molar-refractivity contribution in [2.75, 3.05) is 7.05 Å². The van der Waals surface area contributed by atoms with Gasteiger partial charge in [-0.3, -0.25) is 0 Å². The molecule has 1 N–H and O–H groups in total. The number of nitrogens with one attached hydrogen (secondary N) is 1. The second-order valence-electron chi connectivity index (χ2n) is 4.37. The van der Waals surface area contributed by atoms with E-state index in [1.54, 1.807) is 11.3 Å². The van der Waals surface area contributed by atoms with Crippen LogP contribution in [0.2, 0.25) is 0 Å². The standard InChI is InChI=1S/C12H15N3OS/c1-13-9-5-2-4-8(9)11-14-12(16-15-11)10-6-3-7-17-10/h3,6-9,13H,2,4-5H2,1H3. The van der Waals surface area contributed by atoms with Crippen LogP contribution in [0.4, 0.5) is 0 Å². The average molecular weight is 249 g/mol. The van der Waals surface area contributed by atoms with Crippen molar-refractivity contribution in [3.8, 4) is 10.8 Å². The van der Waals surface area contributed by atoms with Crippen LogP contribution in [0.1, 0.15) is 31.0 Å². The van der Waals surface area contributed by atoms with Crippen molar-refractivity contribution >= 4 is 11.3 Å². The molecule has 17 heavy (non-hydrogen) atoms. The van der Waals surface area contributed by atoms with E-state index >= 15 is 0 Å². The fraction of sp³-hybridized carbons (Fsp3) is 0.500. The number of nitrogens with zero attached hydrogens (tertiary/aromatic N) is 2. The van der Waals surface area contributed by atoms with Gasteiger partial charge >= 0.3 is 0 Å². The molecule has 0 bridgehead atoms. The second kappa shape index (κ2) is 4.58. The van der Waals surface area contributed by atoms with E-state index in [9.17, 15) is 0 Å². The third-order valence-electron chi connectivity index (χ3n) is 3.39. The van der Waals surface area contributed by atoms with Crippen LogP contribution >= 0.6 is 11.3 Å². The summed E-state index contributed by atoms with van der Waals surface area (Å²) < 4.78 is 5.34. The Labute approximate surface area is 104 Å². The Bertz CT molecular complexity index is 480. The smallest absolute Gasteiger partial charge is 0.267 e. The lowest BCUT2D eigenvalue weighted by Gasteiger charge is -2.14. The Morgan fingerprint density at radius 1 is 1.47 bits per heavy atom.